The highest BCUT2D eigenvalue weighted by molar-refractivity contribution is 6.09. The zero-order valence-corrected chi connectivity index (χ0v) is 17.5. The fourth-order valence-corrected chi connectivity index (χ4v) is 3.74. The molecule has 0 spiro atoms. The average molecular weight is 423 g/mol. The highest BCUT2D eigenvalue weighted by Gasteiger charge is 2.34. The van der Waals surface area contributed by atoms with Gasteiger partial charge in [0.25, 0.3) is 5.91 Å². The highest BCUT2D eigenvalue weighted by atomic mass is 19.3. The number of aromatic nitrogens is 1. The van der Waals surface area contributed by atoms with Crippen molar-refractivity contribution in [3.63, 3.8) is 0 Å². The number of anilines is 2. The first kappa shape index (κ1) is 22.2. The number of nitrogens with zero attached hydrogens (tertiary/aromatic N) is 4. The normalized spacial score (nSPS) is 15.5. The van der Waals surface area contributed by atoms with Crippen LogP contribution in [-0.2, 0) is 6.42 Å². The fraction of sp³-hybridized carbons (Fsp3) is 0.391. The van der Waals surface area contributed by atoms with Crippen LogP contribution in [0.5, 0.6) is 0 Å². The van der Waals surface area contributed by atoms with Gasteiger partial charge >= 0.3 is 0 Å². The van der Waals surface area contributed by atoms with E-state index in [1.54, 1.807) is 17.9 Å². The van der Waals surface area contributed by atoms with Crippen molar-refractivity contribution in [1.82, 2.24) is 4.98 Å². The van der Waals surface area contributed by atoms with Gasteiger partial charge in [-0.2, -0.15) is 10.5 Å². The van der Waals surface area contributed by atoms with Gasteiger partial charge in [0.1, 0.15) is 18.0 Å². The number of benzene rings is 1. The number of amides is 1. The molecular formula is C23H23F2N5O. The number of carbonyl (C=O) groups is 1. The number of rotatable bonds is 4. The molecular weight excluding hydrogens is 400 g/mol. The third kappa shape index (κ3) is 4.80. The first-order valence-electron chi connectivity index (χ1n) is 10.2. The maximum atomic E-state index is 13.9. The monoisotopic (exact) mass is 423 g/mol. The van der Waals surface area contributed by atoms with Gasteiger partial charge in [-0.3, -0.25) is 4.79 Å². The molecule has 1 aliphatic rings. The number of nitriles is 2. The lowest BCUT2D eigenvalue weighted by Gasteiger charge is -2.25. The Labute approximate surface area is 180 Å². The molecule has 31 heavy (non-hydrogen) atoms. The van der Waals surface area contributed by atoms with E-state index in [0.29, 0.717) is 11.3 Å². The number of hydrogen-bond donors (Lipinski definition) is 1. The molecule has 1 aromatic carbocycles. The van der Waals surface area contributed by atoms with Gasteiger partial charge in [-0.15, -0.1) is 0 Å². The second kappa shape index (κ2) is 9.09. The van der Waals surface area contributed by atoms with Crippen molar-refractivity contribution in [2.24, 2.45) is 0 Å². The van der Waals surface area contributed by atoms with E-state index >= 15 is 0 Å². The predicted octanol–water partition coefficient (Wildman–Crippen LogP) is 4.57. The molecule has 1 aliphatic heterocycles. The number of carbonyl (C=O) groups excluding carboxylic acids is 1. The smallest absolute Gasteiger partial charge is 0.259 e. The minimum absolute atomic E-state index is 0.00179. The van der Waals surface area contributed by atoms with Crippen LogP contribution >= 0.6 is 0 Å². The van der Waals surface area contributed by atoms with Crippen LogP contribution in [-0.4, -0.2) is 29.9 Å². The lowest BCUT2D eigenvalue weighted by Crippen LogP contribution is -2.30. The molecule has 2 aromatic rings. The summed E-state index contributed by atoms with van der Waals surface area (Å²) < 4.78 is 27.8. The van der Waals surface area contributed by atoms with Crippen molar-refractivity contribution >= 4 is 17.4 Å². The van der Waals surface area contributed by atoms with Gasteiger partial charge in [0.05, 0.1) is 11.1 Å². The first-order chi connectivity index (χ1) is 14.8. The summed E-state index contributed by atoms with van der Waals surface area (Å²) >= 11 is 0. The van der Waals surface area contributed by atoms with E-state index in [0.717, 1.165) is 12.0 Å². The van der Waals surface area contributed by atoms with Gasteiger partial charge in [-0.1, -0.05) is 19.1 Å². The third-order valence-corrected chi connectivity index (χ3v) is 5.48. The number of hydrogen-bond acceptors (Lipinski definition) is 5. The van der Waals surface area contributed by atoms with E-state index < -0.39 is 11.8 Å². The molecule has 0 saturated carbocycles. The summed E-state index contributed by atoms with van der Waals surface area (Å²) in [5.74, 6) is -3.11. The Kier molecular flexibility index (Phi) is 6.50. The Bertz CT molecular complexity index is 1080. The lowest BCUT2D eigenvalue weighted by atomic mass is 10.0. The molecule has 1 amide bonds. The van der Waals surface area contributed by atoms with Crippen LogP contribution < -0.4 is 10.2 Å². The maximum absolute atomic E-state index is 13.9. The van der Waals surface area contributed by atoms with Crippen LogP contribution in [0.4, 0.5) is 20.3 Å². The summed E-state index contributed by atoms with van der Waals surface area (Å²) in [6.45, 7) is 3.86. The van der Waals surface area contributed by atoms with Crippen molar-refractivity contribution in [3.8, 4) is 12.1 Å². The Morgan fingerprint density at radius 2 is 2.03 bits per heavy atom. The minimum atomic E-state index is -2.78. The van der Waals surface area contributed by atoms with E-state index in [1.807, 2.05) is 37.3 Å². The van der Waals surface area contributed by atoms with E-state index in [-0.39, 0.29) is 55.0 Å². The summed E-state index contributed by atoms with van der Waals surface area (Å²) in [6, 6.07) is 11.2. The van der Waals surface area contributed by atoms with Crippen LogP contribution in [0.25, 0.3) is 0 Å². The molecule has 1 saturated heterocycles. The third-order valence-electron chi connectivity index (χ3n) is 5.48. The molecule has 1 fully saturated rings. The SMILES string of the molecule is CCc1cccc(NC(=O)c2c(N3CCCC(F)(F)CC3)nc(C#N)c(C#N)c2C)c1. The molecule has 0 unspecified atom stereocenters. The van der Waals surface area contributed by atoms with Gasteiger partial charge < -0.3 is 10.2 Å². The van der Waals surface area contributed by atoms with Crippen molar-refractivity contribution in [3.05, 3.63) is 52.2 Å². The lowest BCUT2D eigenvalue weighted by molar-refractivity contribution is -0.0102. The van der Waals surface area contributed by atoms with Gasteiger partial charge in [0.15, 0.2) is 5.69 Å². The fourth-order valence-electron chi connectivity index (χ4n) is 3.74. The minimum Gasteiger partial charge on any atom is -0.356 e. The summed E-state index contributed by atoms with van der Waals surface area (Å²) in [4.78, 5) is 19.1. The van der Waals surface area contributed by atoms with Crippen LogP contribution in [0.1, 0.15) is 58.9 Å². The van der Waals surface area contributed by atoms with Gasteiger partial charge in [0.2, 0.25) is 5.92 Å². The van der Waals surface area contributed by atoms with Gasteiger partial charge in [-0.25, -0.2) is 13.8 Å². The zero-order chi connectivity index (χ0) is 22.6. The second-order valence-electron chi connectivity index (χ2n) is 7.59. The highest BCUT2D eigenvalue weighted by Crippen LogP contribution is 2.33. The number of halogens is 2. The first-order valence-corrected chi connectivity index (χ1v) is 10.2. The van der Waals surface area contributed by atoms with Crippen LogP contribution in [0, 0.1) is 29.6 Å². The molecule has 0 bridgehead atoms. The number of nitrogens with one attached hydrogen (secondary N) is 1. The van der Waals surface area contributed by atoms with E-state index in [4.69, 9.17) is 0 Å². The zero-order valence-electron chi connectivity index (χ0n) is 17.5. The Morgan fingerprint density at radius 3 is 2.71 bits per heavy atom. The van der Waals surface area contributed by atoms with Crippen LogP contribution in [0.2, 0.25) is 0 Å². The van der Waals surface area contributed by atoms with E-state index in [2.05, 4.69) is 10.3 Å². The second-order valence-corrected chi connectivity index (χ2v) is 7.59. The van der Waals surface area contributed by atoms with Crippen molar-refractivity contribution in [2.75, 3.05) is 23.3 Å². The number of alkyl halides is 2. The molecule has 0 radical (unpaired) electrons. The average Bonchev–Trinajstić information content (AvgIpc) is 2.93. The molecule has 160 valence electrons. The Hall–Kier alpha value is -3.52. The summed E-state index contributed by atoms with van der Waals surface area (Å²) in [5.41, 5.74) is 1.96. The molecule has 1 aromatic heterocycles. The Balaban J connectivity index is 2.07. The molecule has 0 atom stereocenters. The van der Waals surface area contributed by atoms with Crippen LogP contribution in [0.3, 0.4) is 0 Å². The van der Waals surface area contributed by atoms with Crippen molar-refractivity contribution in [1.29, 1.82) is 10.5 Å². The van der Waals surface area contributed by atoms with Gasteiger partial charge in [0, 0.05) is 31.6 Å². The molecule has 1 N–H and O–H groups in total. The van der Waals surface area contributed by atoms with E-state index in [1.165, 1.54) is 0 Å². The quantitative estimate of drug-likeness (QED) is 0.777. The topological polar surface area (TPSA) is 92.8 Å². The molecule has 3 rings (SSSR count). The Morgan fingerprint density at radius 1 is 1.26 bits per heavy atom. The molecule has 8 heteroatoms. The largest absolute Gasteiger partial charge is 0.356 e. The number of pyridine rings is 1. The van der Waals surface area contributed by atoms with Crippen molar-refractivity contribution < 1.29 is 13.6 Å². The maximum Gasteiger partial charge on any atom is 0.259 e. The summed E-state index contributed by atoms with van der Waals surface area (Å²) in [5, 5.41) is 21.8. The molecule has 0 aliphatic carbocycles. The van der Waals surface area contributed by atoms with Gasteiger partial charge in [-0.05, 0) is 43.0 Å². The standard InChI is InChI=1S/C23H23F2N5O/c1-3-16-6-4-7-17(12-16)28-22(31)20-15(2)18(13-26)19(14-27)29-21(20)30-10-5-8-23(24,25)9-11-30/h4,6-7,12H,3,5,8-11H2,1-2H3,(H,28,31). The number of aryl methyl sites for hydroxylation is 1. The van der Waals surface area contributed by atoms with Crippen molar-refractivity contribution in [2.45, 2.75) is 45.5 Å². The summed E-state index contributed by atoms with van der Waals surface area (Å²) in [6.07, 6.45) is 0.423. The summed E-state index contributed by atoms with van der Waals surface area (Å²) in [7, 11) is 0. The molecule has 6 nitrogen and oxygen atoms in total. The molecule has 2 heterocycles. The van der Waals surface area contributed by atoms with E-state index in [9.17, 15) is 24.1 Å². The van der Waals surface area contributed by atoms with Crippen LogP contribution in [0.15, 0.2) is 24.3 Å². The predicted molar refractivity (Wildman–Crippen MR) is 113 cm³/mol.